The number of hydrogen-bond acceptors (Lipinski definition) is 7. The number of benzene rings is 1. The summed E-state index contributed by atoms with van der Waals surface area (Å²) in [6, 6.07) is 8.00. The van der Waals surface area contributed by atoms with Crippen LogP contribution in [0, 0.1) is 0 Å². The number of carbonyl (C=O) groups excluding carboxylic acids is 1. The smallest absolute Gasteiger partial charge is 0.316 e. The molecular formula is C23H20Cl2N6O3. The van der Waals surface area contributed by atoms with Crippen molar-refractivity contribution in [2.75, 3.05) is 12.0 Å². The maximum atomic E-state index is 13.7. The monoisotopic (exact) mass is 498 g/mol. The predicted molar refractivity (Wildman–Crippen MR) is 131 cm³/mol. The zero-order chi connectivity index (χ0) is 24.6. The predicted octanol–water partition coefficient (Wildman–Crippen LogP) is 3.58. The maximum Gasteiger partial charge on any atom is 0.316 e. The minimum atomic E-state index is -0.661. The van der Waals surface area contributed by atoms with Crippen LogP contribution in [0.3, 0.4) is 0 Å². The van der Waals surface area contributed by atoms with Crippen molar-refractivity contribution < 1.29 is 9.53 Å². The summed E-state index contributed by atoms with van der Waals surface area (Å²) in [4.78, 5) is 39.9. The second-order valence-electron chi connectivity index (χ2n) is 7.55. The van der Waals surface area contributed by atoms with Gasteiger partial charge in [-0.2, -0.15) is 0 Å². The van der Waals surface area contributed by atoms with Gasteiger partial charge in [-0.25, -0.2) is 15.0 Å². The fourth-order valence-electron chi connectivity index (χ4n) is 3.75. The van der Waals surface area contributed by atoms with E-state index in [1.54, 1.807) is 38.2 Å². The summed E-state index contributed by atoms with van der Waals surface area (Å²) in [5, 5.41) is 0.528. The number of ether oxygens (including phenoxy) is 1. The molecule has 3 aromatic rings. The van der Waals surface area contributed by atoms with E-state index in [1.807, 2.05) is 0 Å². The van der Waals surface area contributed by atoms with Gasteiger partial charge >= 0.3 is 6.01 Å². The summed E-state index contributed by atoms with van der Waals surface area (Å²) in [5.41, 5.74) is 8.68. The van der Waals surface area contributed by atoms with Crippen molar-refractivity contribution >= 4 is 46.2 Å². The van der Waals surface area contributed by atoms with Crippen LogP contribution < -0.4 is 20.9 Å². The topological polar surface area (TPSA) is 116 Å². The third-order valence-electron chi connectivity index (χ3n) is 5.32. The zero-order valence-corrected chi connectivity index (χ0v) is 20.0. The van der Waals surface area contributed by atoms with Crippen molar-refractivity contribution in [1.82, 2.24) is 14.5 Å². The zero-order valence-electron chi connectivity index (χ0n) is 18.5. The molecule has 9 nitrogen and oxygen atoms in total. The van der Waals surface area contributed by atoms with Crippen molar-refractivity contribution in [1.29, 1.82) is 0 Å². The summed E-state index contributed by atoms with van der Waals surface area (Å²) >= 11 is 12.2. The average molecular weight is 499 g/mol. The molecule has 0 aliphatic carbocycles. The molecule has 2 aromatic heterocycles. The van der Waals surface area contributed by atoms with Crippen LogP contribution in [0.5, 0.6) is 6.01 Å². The summed E-state index contributed by atoms with van der Waals surface area (Å²) in [7, 11) is 3.02. The highest BCUT2D eigenvalue weighted by atomic mass is 35.5. The third-order valence-corrected chi connectivity index (χ3v) is 5.84. The van der Waals surface area contributed by atoms with Crippen LogP contribution >= 0.6 is 23.2 Å². The SMILES string of the molecule is COc1ncc(N=C(C)C2=C(N)C(c3ccc(Cl)cc3)N(c3cc(Cl)c(=O)n(C)c3)C2=O)cn1. The molecule has 11 heteroatoms. The van der Waals surface area contributed by atoms with E-state index in [-0.39, 0.29) is 28.1 Å². The number of aliphatic imine (C=N–C) groups is 1. The first-order chi connectivity index (χ1) is 16.2. The van der Waals surface area contributed by atoms with E-state index < -0.39 is 6.04 Å². The first-order valence-corrected chi connectivity index (χ1v) is 10.8. The van der Waals surface area contributed by atoms with Crippen molar-refractivity contribution in [3.8, 4) is 6.01 Å². The number of rotatable bonds is 5. The summed E-state index contributed by atoms with van der Waals surface area (Å²) in [5.74, 6) is -0.386. The molecule has 174 valence electrons. The summed E-state index contributed by atoms with van der Waals surface area (Å²) < 4.78 is 6.28. The second-order valence-corrected chi connectivity index (χ2v) is 8.39. The molecule has 1 amide bonds. The Bertz CT molecular complexity index is 1360. The van der Waals surface area contributed by atoms with Gasteiger partial charge in [0.25, 0.3) is 11.5 Å². The van der Waals surface area contributed by atoms with E-state index in [9.17, 15) is 9.59 Å². The van der Waals surface area contributed by atoms with E-state index in [0.29, 0.717) is 27.8 Å². The molecule has 1 unspecified atom stereocenters. The molecule has 1 aliphatic rings. The molecule has 0 saturated heterocycles. The molecule has 34 heavy (non-hydrogen) atoms. The largest absolute Gasteiger partial charge is 0.467 e. The highest BCUT2D eigenvalue weighted by molar-refractivity contribution is 6.32. The van der Waals surface area contributed by atoms with Gasteiger partial charge in [0.15, 0.2) is 0 Å². The molecule has 1 aliphatic heterocycles. The van der Waals surface area contributed by atoms with Crippen molar-refractivity contribution in [2.45, 2.75) is 13.0 Å². The number of carbonyl (C=O) groups is 1. The molecule has 0 saturated carbocycles. The molecule has 0 bridgehead atoms. The van der Waals surface area contributed by atoms with Gasteiger partial charge in [0.1, 0.15) is 16.8 Å². The average Bonchev–Trinajstić information content (AvgIpc) is 3.08. The number of aromatic nitrogens is 3. The van der Waals surface area contributed by atoms with Gasteiger partial charge in [-0.05, 0) is 30.7 Å². The van der Waals surface area contributed by atoms with Gasteiger partial charge in [-0.3, -0.25) is 14.5 Å². The Balaban J connectivity index is 1.85. The molecule has 2 N–H and O–H groups in total. The van der Waals surface area contributed by atoms with Gasteiger partial charge in [0.05, 0.1) is 42.2 Å². The highest BCUT2D eigenvalue weighted by Crippen LogP contribution is 2.40. The number of anilines is 1. The Kier molecular flexibility index (Phi) is 6.41. The quantitative estimate of drug-likeness (QED) is 0.537. The number of hydrogen-bond donors (Lipinski definition) is 1. The Morgan fingerprint density at radius 2 is 1.79 bits per heavy atom. The van der Waals surface area contributed by atoms with Crippen LogP contribution in [0.1, 0.15) is 18.5 Å². The minimum absolute atomic E-state index is 0.0181. The minimum Gasteiger partial charge on any atom is -0.467 e. The summed E-state index contributed by atoms with van der Waals surface area (Å²) in [6.07, 6.45) is 4.49. The number of halogens is 2. The Labute approximate surface area is 205 Å². The van der Waals surface area contributed by atoms with Gasteiger partial charge in [0.2, 0.25) is 0 Å². The van der Waals surface area contributed by atoms with E-state index in [1.165, 1.54) is 41.2 Å². The number of methoxy groups -OCH3 is 1. The molecule has 1 aromatic carbocycles. The lowest BCUT2D eigenvalue weighted by atomic mass is 10.0. The Morgan fingerprint density at radius 1 is 1.15 bits per heavy atom. The van der Waals surface area contributed by atoms with Gasteiger partial charge in [-0.1, -0.05) is 35.3 Å². The van der Waals surface area contributed by atoms with Crippen LogP contribution in [0.2, 0.25) is 10.0 Å². The molecule has 0 fully saturated rings. The van der Waals surface area contributed by atoms with Crippen LogP contribution in [-0.2, 0) is 11.8 Å². The first-order valence-electron chi connectivity index (χ1n) is 10.1. The Hall–Kier alpha value is -3.69. The third kappa shape index (κ3) is 4.27. The molecule has 3 heterocycles. The van der Waals surface area contributed by atoms with Crippen LogP contribution in [-0.4, -0.2) is 33.3 Å². The van der Waals surface area contributed by atoms with Gasteiger partial charge < -0.3 is 15.0 Å². The van der Waals surface area contributed by atoms with E-state index in [2.05, 4.69) is 15.0 Å². The number of nitrogens with zero attached hydrogens (tertiary/aromatic N) is 5. The molecular weight excluding hydrogens is 479 g/mol. The fraction of sp³-hybridized carbons (Fsp3) is 0.174. The lowest BCUT2D eigenvalue weighted by Gasteiger charge is -2.27. The van der Waals surface area contributed by atoms with Gasteiger partial charge in [-0.15, -0.1) is 0 Å². The number of amides is 1. The highest BCUT2D eigenvalue weighted by Gasteiger charge is 2.41. The van der Waals surface area contributed by atoms with Gasteiger partial charge in [0, 0.05) is 18.3 Å². The number of pyridine rings is 1. The lowest BCUT2D eigenvalue weighted by molar-refractivity contribution is -0.114. The molecule has 4 rings (SSSR count). The van der Waals surface area contributed by atoms with Crippen LogP contribution in [0.15, 0.2) is 70.0 Å². The van der Waals surface area contributed by atoms with E-state index >= 15 is 0 Å². The lowest BCUT2D eigenvalue weighted by Crippen LogP contribution is -2.33. The molecule has 1 atom stereocenters. The van der Waals surface area contributed by atoms with Crippen molar-refractivity contribution in [3.05, 3.63) is 86.2 Å². The summed E-state index contributed by atoms with van der Waals surface area (Å²) in [6.45, 7) is 1.68. The molecule has 0 radical (unpaired) electrons. The number of aryl methyl sites for hydroxylation is 1. The van der Waals surface area contributed by atoms with E-state index in [4.69, 9.17) is 33.7 Å². The van der Waals surface area contributed by atoms with E-state index in [0.717, 1.165) is 5.56 Å². The van der Waals surface area contributed by atoms with Crippen LogP contribution in [0.4, 0.5) is 11.4 Å². The fourth-order valence-corrected chi connectivity index (χ4v) is 4.12. The Morgan fingerprint density at radius 3 is 2.38 bits per heavy atom. The standard InChI is InChI=1S/C23H20Cl2N6O3/c1-12(29-15-9-27-23(34-3)28-10-15)18-19(26)20(13-4-6-14(24)7-5-13)31(22(18)33)16-8-17(25)21(32)30(2)11-16/h4-11,20H,26H2,1-3H3. The van der Waals surface area contributed by atoms with Crippen molar-refractivity contribution in [2.24, 2.45) is 17.8 Å². The van der Waals surface area contributed by atoms with Crippen LogP contribution in [0.25, 0.3) is 0 Å². The first kappa shape index (κ1) is 23.5. The number of nitrogens with two attached hydrogens (primary N) is 1. The maximum absolute atomic E-state index is 13.7. The molecule has 0 spiro atoms. The second kappa shape index (κ2) is 9.28. The normalized spacial score (nSPS) is 16.4. The van der Waals surface area contributed by atoms with Crippen molar-refractivity contribution in [3.63, 3.8) is 0 Å².